The summed E-state index contributed by atoms with van der Waals surface area (Å²) in [5, 5.41) is 3.52. The number of hydrogen-bond acceptors (Lipinski definition) is 2. The van der Waals surface area contributed by atoms with E-state index in [-0.39, 0.29) is 11.9 Å². The lowest BCUT2D eigenvalue weighted by atomic mass is 10.2. The largest absolute Gasteiger partial charge is 0.359 e. The Hall–Kier alpha value is -1.26. The van der Waals surface area contributed by atoms with Crippen LogP contribution in [0.3, 0.4) is 0 Å². The maximum Gasteiger partial charge on any atom is 0.277 e. The first kappa shape index (κ1) is 14.2. The van der Waals surface area contributed by atoms with Gasteiger partial charge in [0.1, 0.15) is 0 Å². The van der Waals surface area contributed by atoms with Crippen LogP contribution in [0.2, 0.25) is 5.02 Å². The van der Waals surface area contributed by atoms with Crippen molar-refractivity contribution in [1.82, 2.24) is 5.32 Å². The average Bonchev–Trinajstić information content (AvgIpc) is 2.46. The molecule has 104 valence electrons. The molecule has 1 aromatic carbocycles. The number of nitrogens with one attached hydrogen (secondary N) is 2. The Morgan fingerprint density at radius 3 is 2.58 bits per heavy atom. The number of para-hydroxylation sites is 1. The first-order chi connectivity index (χ1) is 9.13. The van der Waals surface area contributed by atoms with Gasteiger partial charge in [0.25, 0.3) is 5.91 Å². The minimum absolute atomic E-state index is 0.0124. The van der Waals surface area contributed by atoms with Crippen LogP contribution in [0.25, 0.3) is 0 Å². The Labute approximate surface area is 119 Å². The maximum absolute atomic E-state index is 11.7. The lowest BCUT2D eigenvalue weighted by Crippen LogP contribution is -3.19. The third-order valence-corrected chi connectivity index (χ3v) is 4.17. The van der Waals surface area contributed by atoms with E-state index >= 15 is 0 Å². The molecule has 5 heteroatoms. The molecule has 1 atom stereocenters. The molecule has 1 fully saturated rings. The Kier molecular flexibility index (Phi) is 4.66. The zero-order chi connectivity index (χ0) is 13.8. The molecule has 0 saturated carbocycles. The number of rotatable bonds is 3. The van der Waals surface area contributed by atoms with Crippen LogP contribution in [0.5, 0.6) is 0 Å². The number of carbonyl (C=O) groups excluding carboxylic acids is 1. The van der Waals surface area contributed by atoms with E-state index in [1.54, 1.807) is 7.05 Å². The van der Waals surface area contributed by atoms with E-state index in [9.17, 15) is 4.79 Å². The van der Waals surface area contributed by atoms with E-state index in [0.717, 1.165) is 36.9 Å². The third-order valence-electron chi connectivity index (χ3n) is 3.85. The highest BCUT2D eigenvalue weighted by Gasteiger charge is 2.28. The number of likely N-dealkylation sites (N-methyl/N-ethyl adjacent to an activating group) is 1. The van der Waals surface area contributed by atoms with E-state index in [1.165, 1.54) is 4.90 Å². The number of anilines is 1. The molecule has 0 unspecified atom stereocenters. The van der Waals surface area contributed by atoms with Crippen LogP contribution in [0.1, 0.15) is 6.92 Å². The van der Waals surface area contributed by atoms with E-state index < -0.39 is 0 Å². The van der Waals surface area contributed by atoms with Crippen LogP contribution in [0.15, 0.2) is 24.3 Å². The van der Waals surface area contributed by atoms with E-state index in [0.29, 0.717) is 0 Å². The summed E-state index contributed by atoms with van der Waals surface area (Å²) in [4.78, 5) is 15.3. The van der Waals surface area contributed by atoms with Crippen LogP contribution in [-0.4, -0.2) is 45.2 Å². The maximum atomic E-state index is 11.7. The Morgan fingerprint density at radius 1 is 1.37 bits per heavy atom. The van der Waals surface area contributed by atoms with Gasteiger partial charge in [-0.3, -0.25) is 4.79 Å². The monoisotopic (exact) mass is 282 g/mol. The summed E-state index contributed by atoms with van der Waals surface area (Å²) >= 11 is 6.22. The van der Waals surface area contributed by atoms with E-state index in [4.69, 9.17) is 11.6 Å². The zero-order valence-corrected chi connectivity index (χ0v) is 12.2. The molecule has 1 amide bonds. The Morgan fingerprint density at radius 2 is 2.00 bits per heavy atom. The van der Waals surface area contributed by atoms with Crippen molar-refractivity contribution in [3.05, 3.63) is 29.3 Å². The molecule has 19 heavy (non-hydrogen) atoms. The average molecular weight is 283 g/mol. The number of halogens is 1. The zero-order valence-electron chi connectivity index (χ0n) is 11.4. The third kappa shape index (κ3) is 3.19. The molecule has 0 aromatic heterocycles. The molecule has 0 spiro atoms. The normalized spacial score (nSPS) is 18.2. The Balaban J connectivity index is 1.96. The van der Waals surface area contributed by atoms with Gasteiger partial charge in [-0.2, -0.15) is 0 Å². The Bertz CT molecular complexity index is 444. The molecular formula is C14H21ClN3O+. The summed E-state index contributed by atoms with van der Waals surface area (Å²) < 4.78 is 0. The van der Waals surface area contributed by atoms with Gasteiger partial charge in [-0.05, 0) is 19.1 Å². The molecule has 0 aliphatic carbocycles. The fourth-order valence-corrected chi connectivity index (χ4v) is 2.83. The quantitative estimate of drug-likeness (QED) is 0.830. The van der Waals surface area contributed by atoms with Gasteiger partial charge in [-0.25, -0.2) is 0 Å². The molecule has 2 N–H and O–H groups in total. The van der Waals surface area contributed by atoms with Crippen LogP contribution in [-0.2, 0) is 4.79 Å². The predicted octanol–water partition coefficient (Wildman–Crippen LogP) is 0.179. The fourth-order valence-electron chi connectivity index (χ4n) is 2.58. The highest BCUT2D eigenvalue weighted by molar-refractivity contribution is 6.33. The number of hydrogen-bond donors (Lipinski definition) is 2. The summed E-state index contributed by atoms with van der Waals surface area (Å²) in [6, 6.07) is 7.94. The second kappa shape index (κ2) is 6.26. The SMILES string of the molecule is CNC(=O)[C@H](C)[NH+]1CCN(c2ccccc2Cl)CC1. The molecule has 0 radical (unpaired) electrons. The number of benzene rings is 1. The van der Waals surface area contributed by atoms with Crippen molar-refractivity contribution in [3.63, 3.8) is 0 Å². The second-order valence-electron chi connectivity index (χ2n) is 4.93. The van der Waals surface area contributed by atoms with Gasteiger partial charge in [0.2, 0.25) is 0 Å². The molecule has 1 saturated heterocycles. The van der Waals surface area contributed by atoms with Crippen molar-refractivity contribution in [1.29, 1.82) is 0 Å². The van der Waals surface area contributed by atoms with Gasteiger partial charge in [-0.15, -0.1) is 0 Å². The molecule has 1 aliphatic rings. The van der Waals surface area contributed by atoms with Crippen molar-refractivity contribution in [2.45, 2.75) is 13.0 Å². The fraction of sp³-hybridized carbons (Fsp3) is 0.500. The van der Waals surface area contributed by atoms with E-state index in [1.807, 2.05) is 25.1 Å². The lowest BCUT2D eigenvalue weighted by molar-refractivity contribution is -0.914. The summed E-state index contributed by atoms with van der Waals surface area (Å²) in [6.45, 7) is 5.76. The van der Waals surface area contributed by atoms with Gasteiger partial charge in [0, 0.05) is 7.05 Å². The molecule has 2 rings (SSSR count). The van der Waals surface area contributed by atoms with Gasteiger partial charge in [-0.1, -0.05) is 23.7 Å². The predicted molar refractivity (Wildman–Crippen MR) is 77.9 cm³/mol. The molecule has 0 bridgehead atoms. The summed E-state index contributed by atoms with van der Waals surface area (Å²) in [6.07, 6.45) is 0. The van der Waals surface area contributed by atoms with Crippen molar-refractivity contribution in [3.8, 4) is 0 Å². The first-order valence-electron chi connectivity index (χ1n) is 6.69. The highest BCUT2D eigenvalue weighted by atomic mass is 35.5. The number of piperazine rings is 1. The minimum Gasteiger partial charge on any atom is -0.359 e. The topological polar surface area (TPSA) is 36.8 Å². The van der Waals surface area contributed by atoms with Gasteiger partial charge >= 0.3 is 0 Å². The van der Waals surface area contributed by atoms with Crippen molar-refractivity contribution in [2.24, 2.45) is 0 Å². The van der Waals surface area contributed by atoms with Crippen molar-refractivity contribution >= 4 is 23.2 Å². The smallest absolute Gasteiger partial charge is 0.277 e. The van der Waals surface area contributed by atoms with Gasteiger partial charge < -0.3 is 15.1 Å². The number of quaternary nitrogens is 1. The minimum atomic E-state index is 0.0124. The van der Waals surface area contributed by atoms with Crippen LogP contribution in [0.4, 0.5) is 5.69 Å². The summed E-state index contributed by atoms with van der Waals surface area (Å²) in [5.41, 5.74) is 1.09. The number of amides is 1. The second-order valence-corrected chi connectivity index (χ2v) is 5.34. The van der Waals surface area contributed by atoms with Gasteiger partial charge in [0.15, 0.2) is 6.04 Å². The molecule has 1 aliphatic heterocycles. The highest BCUT2D eigenvalue weighted by Crippen LogP contribution is 2.24. The van der Waals surface area contributed by atoms with Gasteiger partial charge in [0.05, 0.1) is 36.9 Å². The summed E-state index contributed by atoms with van der Waals surface area (Å²) in [7, 11) is 1.69. The number of carbonyl (C=O) groups is 1. The molecule has 1 heterocycles. The number of nitrogens with zero attached hydrogens (tertiary/aromatic N) is 1. The lowest BCUT2D eigenvalue weighted by Gasteiger charge is -2.36. The van der Waals surface area contributed by atoms with Crippen LogP contribution in [0, 0.1) is 0 Å². The van der Waals surface area contributed by atoms with Crippen LogP contribution < -0.4 is 15.1 Å². The van der Waals surface area contributed by atoms with Crippen molar-refractivity contribution < 1.29 is 9.69 Å². The molecular weight excluding hydrogens is 262 g/mol. The van der Waals surface area contributed by atoms with Crippen molar-refractivity contribution in [2.75, 3.05) is 38.1 Å². The van der Waals surface area contributed by atoms with E-state index in [2.05, 4.69) is 16.3 Å². The summed E-state index contributed by atoms with van der Waals surface area (Å²) in [5.74, 6) is 0.112. The molecule has 4 nitrogen and oxygen atoms in total. The van der Waals surface area contributed by atoms with Crippen LogP contribution >= 0.6 is 11.6 Å². The molecule has 1 aromatic rings. The first-order valence-corrected chi connectivity index (χ1v) is 7.07. The standard InChI is InChI=1S/C14H20ClN3O/c1-11(14(19)16-2)17-7-9-18(10-8-17)13-6-4-3-5-12(13)15/h3-6,11H,7-10H2,1-2H3,(H,16,19)/p+1/t11-/m0/s1.